The highest BCUT2D eigenvalue weighted by Crippen LogP contribution is 2.32. The van der Waals surface area contributed by atoms with Gasteiger partial charge in [0, 0.05) is 41.1 Å². The zero-order chi connectivity index (χ0) is 20.5. The molecule has 3 aromatic rings. The van der Waals surface area contributed by atoms with Crippen molar-refractivity contribution in [2.24, 2.45) is 5.92 Å². The van der Waals surface area contributed by atoms with Gasteiger partial charge in [-0.25, -0.2) is 9.97 Å². The third-order valence-corrected chi connectivity index (χ3v) is 5.74. The molecule has 1 amide bonds. The number of hydrogen-bond acceptors (Lipinski definition) is 4. The van der Waals surface area contributed by atoms with Crippen LogP contribution in [0.4, 0.5) is 11.4 Å². The number of rotatable bonds is 3. The Bertz CT molecular complexity index is 1080. The van der Waals surface area contributed by atoms with Gasteiger partial charge in [-0.3, -0.25) is 4.79 Å². The summed E-state index contributed by atoms with van der Waals surface area (Å²) in [6, 6.07) is 9.62. The van der Waals surface area contributed by atoms with Crippen LogP contribution in [-0.2, 0) is 0 Å². The second-order valence-corrected chi connectivity index (χ2v) is 8.39. The number of carbonyl (C=O) groups is 1. The number of halogens is 1. The molecule has 1 atom stereocenters. The van der Waals surface area contributed by atoms with Crippen molar-refractivity contribution in [1.29, 1.82) is 0 Å². The number of hydrogen-bond donors (Lipinski definition) is 1. The minimum absolute atomic E-state index is 0.00806. The molecule has 0 saturated carbocycles. The summed E-state index contributed by atoms with van der Waals surface area (Å²) in [5.41, 5.74) is 4.72. The molecule has 2 aromatic heterocycles. The number of pyridine rings is 2. The van der Waals surface area contributed by atoms with Crippen molar-refractivity contribution >= 4 is 39.9 Å². The summed E-state index contributed by atoms with van der Waals surface area (Å²) in [5, 5.41) is 4.93. The molecule has 3 heterocycles. The quantitative estimate of drug-likeness (QED) is 0.620. The molecule has 1 aliphatic heterocycles. The monoisotopic (exact) mass is 408 g/mol. The van der Waals surface area contributed by atoms with E-state index in [1.54, 1.807) is 6.20 Å². The smallest absolute Gasteiger partial charge is 0.257 e. The Kier molecular flexibility index (Phi) is 5.41. The van der Waals surface area contributed by atoms with Crippen LogP contribution in [0.5, 0.6) is 0 Å². The number of carbonyl (C=O) groups excluding carboxylic acids is 1. The first-order chi connectivity index (χ1) is 13.9. The van der Waals surface area contributed by atoms with Gasteiger partial charge in [-0.05, 0) is 62.4 Å². The largest absolute Gasteiger partial charge is 0.354 e. The molecule has 0 unspecified atom stereocenters. The lowest BCUT2D eigenvalue weighted by molar-refractivity contribution is 0.0684. The number of anilines is 2. The highest BCUT2D eigenvalue weighted by Gasteiger charge is 2.25. The van der Waals surface area contributed by atoms with E-state index in [2.05, 4.69) is 22.2 Å². The second-order valence-electron chi connectivity index (χ2n) is 7.95. The number of piperidine rings is 1. The van der Waals surface area contributed by atoms with Crippen LogP contribution in [0, 0.1) is 19.8 Å². The van der Waals surface area contributed by atoms with E-state index >= 15 is 0 Å². The standard InChI is InChI=1S/C23H25ClN4O/c1-14-5-4-10-28(13-14)23(29)19-12-25-22-18(9-7-16(3)26-22)21(19)27-20-11-17(24)8-6-15(20)2/h6-9,11-12,14H,4-5,10,13H2,1-3H3,(H,25,26,27)/t14-/m1/s1. The molecule has 0 radical (unpaired) electrons. The fourth-order valence-electron chi connectivity index (χ4n) is 3.88. The predicted molar refractivity (Wildman–Crippen MR) is 118 cm³/mol. The fourth-order valence-corrected chi connectivity index (χ4v) is 4.05. The van der Waals surface area contributed by atoms with Crippen molar-refractivity contribution in [3.8, 4) is 0 Å². The summed E-state index contributed by atoms with van der Waals surface area (Å²) in [7, 11) is 0. The van der Waals surface area contributed by atoms with Gasteiger partial charge in [-0.1, -0.05) is 24.6 Å². The van der Waals surface area contributed by atoms with Gasteiger partial charge in [0.15, 0.2) is 5.65 Å². The van der Waals surface area contributed by atoms with Crippen molar-refractivity contribution in [3.05, 3.63) is 58.4 Å². The zero-order valence-electron chi connectivity index (χ0n) is 17.0. The topological polar surface area (TPSA) is 58.1 Å². The molecular weight excluding hydrogens is 384 g/mol. The lowest BCUT2D eigenvalue weighted by atomic mass is 9.99. The number of likely N-dealkylation sites (tertiary alicyclic amines) is 1. The van der Waals surface area contributed by atoms with Crippen LogP contribution in [0.15, 0.2) is 36.5 Å². The lowest BCUT2D eigenvalue weighted by Crippen LogP contribution is -2.39. The van der Waals surface area contributed by atoms with Crippen LogP contribution in [0.3, 0.4) is 0 Å². The van der Waals surface area contributed by atoms with Crippen LogP contribution in [-0.4, -0.2) is 33.9 Å². The molecule has 0 aliphatic carbocycles. The Morgan fingerprint density at radius 2 is 2.07 bits per heavy atom. The normalized spacial score (nSPS) is 16.8. The molecular formula is C23H25ClN4O. The van der Waals surface area contributed by atoms with Crippen LogP contribution in [0.1, 0.15) is 41.4 Å². The summed E-state index contributed by atoms with van der Waals surface area (Å²) in [6.07, 6.45) is 3.85. The summed E-state index contributed by atoms with van der Waals surface area (Å²) < 4.78 is 0. The molecule has 1 aromatic carbocycles. The first kappa shape index (κ1) is 19.6. The Morgan fingerprint density at radius 1 is 1.24 bits per heavy atom. The highest BCUT2D eigenvalue weighted by atomic mass is 35.5. The minimum atomic E-state index is 0.00806. The summed E-state index contributed by atoms with van der Waals surface area (Å²) in [6.45, 7) is 7.70. The third kappa shape index (κ3) is 4.06. The number of fused-ring (bicyclic) bond motifs is 1. The van der Waals surface area contributed by atoms with E-state index in [-0.39, 0.29) is 5.91 Å². The fraction of sp³-hybridized carbons (Fsp3) is 0.348. The lowest BCUT2D eigenvalue weighted by Gasteiger charge is -2.31. The predicted octanol–water partition coefficient (Wildman–Crippen LogP) is 5.52. The van der Waals surface area contributed by atoms with Crippen LogP contribution < -0.4 is 5.32 Å². The van der Waals surface area contributed by atoms with Gasteiger partial charge in [0.1, 0.15) is 0 Å². The van der Waals surface area contributed by atoms with Crippen LogP contribution >= 0.6 is 11.6 Å². The van der Waals surface area contributed by atoms with Gasteiger partial charge in [0.2, 0.25) is 0 Å². The average Bonchev–Trinajstić information content (AvgIpc) is 2.70. The van der Waals surface area contributed by atoms with E-state index < -0.39 is 0 Å². The number of aryl methyl sites for hydroxylation is 2. The van der Waals surface area contributed by atoms with Crippen molar-refractivity contribution in [2.45, 2.75) is 33.6 Å². The van der Waals surface area contributed by atoms with E-state index in [0.29, 0.717) is 22.2 Å². The SMILES string of the molecule is Cc1ccc2c(Nc3cc(Cl)ccc3C)c(C(=O)N3CCC[C@@H](C)C3)cnc2n1. The van der Waals surface area contributed by atoms with Gasteiger partial charge in [-0.15, -0.1) is 0 Å². The van der Waals surface area contributed by atoms with Crippen molar-refractivity contribution in [3.63, 3.8) is 0 Å². The second kappa shape index (κ2) is 7.99. The third-order valence-electron chi connectivity index (χ3n) is 5.50. The van der Waals surface area contributed by atoms with Crippen LogP contribution in [0.25, 0.3) is 11.0 Å². The number of aromatic nitrogens is 2. The van der Waals surface area contributed by atoms with Gasteiger partial charge in [-0.2, -0.15) is 0 Å². The maximum Gasteiger partial charge on any atom is 0.257 e. The summed E-state index contributed by atoms with van der Waals surface area (Å²) >= 11 is 6.22. The Morgan fingerprint density at radius 3 is 2.86 bits per heavy atom. The maximum absolute atomic E-state index is 13.4. The molecule has 1 fully saturated rings. The Balaban J connectivity index is 1.83. The van der Waals surface area contributed by atoms with E-state index in [9.17, 15) is 4.79 Å². The molecule has 4 rings (SSSR count). The molecule has 6 heteroatoms. The molecule has 150 valence electrons. The number of nitrogens with zero attached hydrogens (tertiary/aromatic N) is 3. The molecule has 0 bridgehead atoms. The van der Waals surface area contributed by atoms with Gasteiger partial charge in [0.25, 0.3) is 5.91 Å². The highest BCUT2D eigenvalue weighted by molar-refractivity contribution is 6.31. The number of amides is 1. The minimum Gasteiger partial charge on any atom is -0.354 e. The van der Waals surface area contributed by atoms with Crippen molar-refractivity contribution in [2.75, 3.05) is 18.4 Å². The first-order valence-corrected chi connectivity index (χ1v) is 10.4. The van der Waals surface area contributed by atoms with E-state index in [1.165, 1.54) is 0 Å². The first-order valence-electron chi connectivity index (χ1n) is 10.0. The number of nitrogens with one attached hydrogen (secondary N) is 1. The van der Waals surface area contributed by atoms with E-state index in [4.69, 9.17) is 11.6 Å². The molecule has 1 aliphatic rings. The zero-order valence-corrected chi connectivity index (χ0v) is 17.8. The van der Waals surface area contributed by atoms with Gasteiger partial charge >= 0.3 is 0 Å². The average molecular weight is 409 g/mol. The van der Waals surface area contributed by atoms with Crippen molar-refractivity contribution < 1.29 is 4.79 Å². The summed E-state index contributed by atoms with van der Waals surface area (Å²) in [5.74, 6) is 0.519. The molecule has 1 N–H and O–H groups in total. The van der Waals surface area contributed by atoms with E-state index in [1.807, 2.05) is 49.1 Å². The Hall–Kier alpha value is -2.66. The molecule has 29 heavy (non-hydrogen) atoms. The molecule has 5 nitrogen and oxygen atoms in total. The summed E-state index contributed by atoms with van der Waals surface area (Å²) in [4.78, 5) is 24.4. The van der Waals surface area contributed by atoms with E-state index in [0.717, 1.165) is 53.9 Å². The molecule has 1 saturated heterocycles. The van der Waals surface area contributed by atoms with Gasteiger partial charge < -0.3 is 10.2 Å². The Labute approximate surface area is 176 Å². The van der Waals surface area contributed by atoms with Crippen LogP contribution in [0.2, 0.25) is 5.02 Å². The van der Waals surface area contributed by atoms with Gasteiger partial charge in [0.05, 0.1) is 11.3 Å². The van der Waals surface area contributed by atoms with Crippen molar-refractivity contribution in [1.82, 2.24) is 14.9 Å². The molecule has 0 spiro atoms. The number of benzene rings is 1. The maximum atomic E-state index is 13.4.